The van der Waals surface area contributed by atoms with Gasteiger partial charge in [0.15, 0.2) is 0 Å². The minimum Gasteiger partial charge on any atom is -0.0654 e. The van der Waals surface area contributed by atoms with Crippen molar-refractivity contribution < 1.29 is 0 Å². The standard InChI is InChI=1S/C33H68/c1-4-7-10-12-14-15-16-17-18-19-20-21-22-24-26-29-32-33(30-27-9-6-3)31-28-25-23-13-11-8-5-2/h33H,4-32H2,1-3H3. The summed E-state index contributed by atoms with van der Waals surface area (Å²) in [6.07, 6.45) is 42.8. The van der Waals surface area contributed by atoms with E-state index in [1.165, 1.54) is 186 Å². The van der Waals surface area contributed by atoms with E-state index in [0.717, 1.165) is 5.92 Å². The van der Waals surface area contributed by atoms with Crippen molar-refractivity contribution in [2.24, 2.45) is 5.92 Å². The largest absolute Gasteiger partial charge is 0.0654 e. The van der Waals surface area contributed by atoms with Gasteiger partial charge in [0.2, 0.25) is 0 Å². The van der Waals surface area contributed by atoms with Gasteiger partial charge in [0.05, 0.1) is 0 Å². The highest BCUT2D eigenvalue weighted by Crippen LogP contribution is 2.24. The van der Waals surface area contributed by atoms with Gasteiger partial charge in [0.1, 0.15) is 0 Å². The van der Waals surface area contributed by atoms with Gasteiger partial charge in [-0.3, -0.25) is 0 Å². The van der Waals surface area contributed by atoms with Crippen LogP contribution >= 0.6 is 0 Å². The van der Waals surface area contributed by atoms with Gasteiger partial charge in [-0.05, 0) is 5.92 Å². The molecular weight excluding hydrogens is 396 g/mol. The van der Waals surface area contributed by atoms with Crippen LogP contribution in [-0.4, -0.2) is 0 Å². The summed E-state index contributed by atoms with van der Waals surface area (Å²) in [7, 11) is 0. The van der Waals surface area contributed by atoms with E-state index in [0.29, 0.717) is 0 Å². The summed E-state index contributed by atoms with van der Waals surface area (Å²) in [6, 6.07) is 0. The highest BCUT2D eigenvalue weighted by Gasteiger charge is 2.08. The molecule has 0 rings (SSSR count). The summed E-state index contributed by atoms with van der Waals surface area (Å²) < 4.78 is 0. The molecule has 0 aromatic rings. The summed E-state index contributed by atoms with van der Waals surface area (Å²) in [4.78, 5) is 0. The fraction of sp³-hybridized carbons (Fsp3) is 1.00. The Morgan fingerprint density at radius 3 is 0.697 bits per heavy atom. The zero-order valence-electron chi connectivity index (χ0n) is 24.1. The average molecular weight is 465 g/mol. The van der Waals surface area contributed by atoms with Gasteiger partial charge in [0, 0.05) is 0 Å². The first-order valence-corrected chi connectivity index (χ1v) is 16.3. The molecule has 0 fully saturated rings. The Balaban J connectivity index is 3.49. The van der Waals surface area contributed by atoms with Crippen LogP contribution in [0.3, 0.4) is 0 Å². The van der Waals surface area contributed by atoms with E-state index in [-0.39, 0.29) is 0 Å². The lowest BCUT2D eigenvalue weighted by molar-refractivity contribution is 0.367. The second-order valence-electron chi connectivity index (χ2n) is 11.4. The van der Waals surface area contributed by atoms with Gasteiger partial charge in [-0.1, -0.05) is 207 Å². The molecule has 0 N–H and O–H groups in total. The van der Waals surface area contributed by atoms with Crippen LogP contribution in [0.25, 0.3) is 0 Å². The highest BCUT2D eigenvalue weighted by molar-refractivity contribution is 4.62. The number of rotatable bonds is 29. The topological polar surface area (TPSA) is 0 Å². The number of unbranched alkanes of at least 4 members (excludes halogenated alkanes) is 23. The third kappa shape index (κ3) is 28.1. The van der Waals surface area contributed by atoms with Gasteiger partial charge < -0.3 is 0 Å². The Kier molecular flexibility index (Phi) is 30.0. The van der Waals surface area contributed by atoms with Gasteiger partial charge in [-0.25, -0.2) is 0 Å². The van der Waals surface area contributed by atoms with Crippen molar-refractivity contribution in [1.29, 1.82) is 0 Å². The van der Waals surface area contributed by atoms with Crippen molar-refractivity contribution in [2.75, 3.05) is 0 Å². The second kappa shape index (κ2) is 30.0. The quantitative estimate of drug-likeness (QED) is 0.0965. The Labute approximate surface area is 212 Å². The smallest absolute Gasteiger partial charge is 0.0414 e. The molecule has 0 heteroatoms. The van der Waals surface area contributed by atoms with Crippen LogP contribution in [-0.2, 0) is 0 Å². The molecule has 0 aliphatic carbocycles. The Morgan fingerprint density at radius 2 is 0.424 bits per heavy atom. The van der Waals surface area contributed by atoms with Crippen molar-refractivity contribution >= 4 is 0 Å². The Morgan fingerprint density at radius 1 is 0.242 bits per heavy atom. The number of hydrogen-bond acceptors (Lipinski definition) is 0. The van der Waals surface area contributed by atoms with Crippen LogP contribution in [0, 0.1) is 5.92 Å². The zero-order chi connectivity index (χ0) is 24.1. The van der Waals surface area contributed by atoms with Crippen LogP contribution < -0.4 is 0 Å². The third-order valence-corrected chi connectivity index (χ3v) is 7.90. The van der Waals surface area contributed by atoms with Crippen LogP contribution in [0.15, 0.2) is 0 Å². The molecule has 1 unspecified atom stereocenters. The predicted octanol–water partition coefficient (Wildman–Crippen LogP) is 13.0. The highest BCUT2D eigenvalue weighted by atomic mass is 14.1. The maximum atomic E-state index is 2.35. The first kappa shape index (κ1) is 33.0. The molecule has 0 heterocycles. The van der Waals surface area contributed by atoms with Crippen molar-refractivity contribution in [2.45, 2.75) is 207 Å². The molecule has 0 aliphatic heterocycles. The van der Waals surface area contributed by atoms with Crippen LogP contribution in [0.5, 0.6) is 0 Å². The first-order chi connectivity index (χ1) is 16.3. The van der Waals surface area contributed by atoms with Crippen molar-refractivity contribution in [1.82, 2.24) is 0 Å². The lowest BCUT2D eigenvalue weighted by Crippen LogP contribution is -2.01. The molecule has 0 saturated heterocycles. The zero-order valence-corrected chi connectivity index (χ0v) is 24.1. The first-order valence-electron chi connectivity index (χ1n) is 16.3. The molecule has 0 radical (unpaired) electrons. The van der Waals surface area contributed by atoms with E-state index < -0.39 is 0 Å². The molecule has 0 spiro atoms. The number of hydrogen-bond donors (Lipinski definition) is 0. The normalized spacial score (nSPS) is 12.5. The molecule has 0 saturated carbocycles. The van der Waals surface area contributed by atoms with E-state index in [1.54, 1.807) is 0 Å². The minimum absolute atomic E-state index is 1.04. The summed E-state index contributed by atoms with van der Waals surface area (Å²) in [5, 5.41) is 0. The molecule has 33 heavy (non-hydrogen) atoms. The van der Waals surface area contributed by atoms with Gasteiger partial charge in [-0.2, -0.15) is 0 Å². The van der Waals surface area contributed by atoms with Crippen molar-refractivity contribution in [3.05, 3.63) is 0 Å². The Bertz CT molecular complexity index is 320. The van der Waals surface area contributed by atoms with Gasteiger partial charge >= 0.3 is 0 Å². The average Bonchev–Trinajstić information content (AvgIpc) is 2.82. The minimum atomic E-state index is 1.04. The summed E-state index contributed by atoms with van der Waals surface area (Å²) >= 11 is 0. The Hall–Kier alpha value is 0. The maximum absolute atomic E-state index is 2.35. The lowest BCUT2D eigenvalue weighted by Gasteiger charge is -2.17. The molecule has 0 aliphatic rings. The van der Waals surface area contributed by atoms with Gasteiger partial charge in [0.25, 0.3) is 0 Å². The van der Waals surface area contributed by atoms with E-state index in [4.69, 9.17) is 0 Å². The van der Waals surface area contributed by atoms with E-state index in [2.05, 4.69) is 20.8 Å². The lowest BCUT2D eigenvalue weighted by atomic mass is 9.89. The molecule has 1 atom stereocenters. The summed E-state index contributed by atoms with van der Waals surface area (Å²) in [6.45, 7) is 6.98. The monoisotopic (exact) mass is 465 g/mol. The summed E-state index contributed by atoms with van der Waals surface area (Å²) in [5.74, 6) is 1.04. The van der Waals surface area contributed by atoms with E-state index in [1.807, 2.05) is 0 Å². The van der Waals surface area contributed by atoms with Crippen LogP contribution in [0.1, 0.15) is 207 Å². The fourth-order valence-corrected chi connectivity index (χ4v) is 5.49. The molecule has 0 amide bonds. The maximum Gasteiger partial charge on any atom is -0.0414 e. The summed E-state index contributed by atoms with van der Waals surface area (Å²) in [5.41, 5.74) is 0. The SMILES string of the molecule is CCCCCCCCCCCCCCCCCCC(CCCCC)CCCCCCCCC. The van der Waals surface area contributed by atoms with Crippen molar-refractivity contribution in [3.8, 4) is 0 Å². The predicted molar refractivity (Wildman–Crippen MR) is 154 cm³/mol. The van der Waals surface area contributed by atoms with Crippen molar-refractivity contribution in [3.63, 3.8) is 0 Å². The molecule has 0 aromatic carbocycles. The van der Waals surface area contributed by atoms with Crippen LogP contribution in [0.2, 0.25) is 0 Å². The van der Waals surface area contributed by atoms with Gasteiger partial charge in [-0.15, -0.1) is 0 Å². The second-order valence-corrected chi connectivity index (χ2v) is 11.4. The molecule has 0 aromatic heterocycles. The van der Waals surface area contributed by atoms with E-state index in [9.17, 15) is 0 Å². The van der Waals surface area contributed by atoms with Crippen LogP contribution in [0.4, 0.5) is 0 Å². The molecule has 0 bridgehead atoms. The van der Waals surface area contributed by atoms with E-state index >= 15 is 0 Å². The fourth-order valence-electron chi connectivity index (χ4n) is 5.49. The molecular formula is C33H68. The molecule has 200 valence electrons. The third-order valence-electron chi connectivity index (χ3n) is 7.90. The molecule has 0 nitrogen and oxygen atoms in total.